The Morgan fingerprint density at radius 3 is 2.85 bits per heavy atom. The van der Waals surface area contributed by atoms with Gasteiger partial charge < -0.3 is 15.4 Å². The largest absolute Gasteiger partial charge is 0.380 e. The van der Waals surface area contributed by atoms with Crippen LogP contribution in [0.5, 0.6) is 0 Å². The zero-order valence-electron chi connectivity index (χ0n) is 18.5. The zero-order valence-corrected chi connectivity index (χ0v) is 19.3. The predicted octanol–water partition coefficient (Wildman–Crippen LogP) is 4.02. The van der Waals surface area contributed by atoms with Gasteiger partial charge in [-0.1, -0.05) is 30.3 Å². The monoisotopic (exact) mass is 462 g/mol. The molecule has 170 valence electrons. The minimum atomic E-state index is -0.222. The molecule has 1 aliphatic rings. The smallest absolute Gasteiger partial charge is 0.271 e. The highest BCUT2D eigenvalue weighted by atomic mass is 32.1. The van der Waals surface area contributed by atoms with E-state index in [-0.39, 0.29) is 11.9 Å². The number of benzene rings is 1. The van der Waals surface area contributed by atoms with Crippen LogP contribution in [0.1, 0.15) is 46.2 Å². The first-order chi connectivity index (χ1) is 16.2. The number of ether oxygens (including phenoxy) is 1. The summed E-state index contributed by atoms with van der Waals surface area (Å²) < 4.78 is 5.11. The average Bonchev–Trinajstić information content (AvgIpc) is 3.49. The standard InChI is InChI=1S/C24H26N6O2S/c1-32-15-18-9-7-17(8-10-18)14-26-23(31)20-16-33-24(28-20)29-22-6-2-4-19(27-22)21-5-3-12-30(21)13-11-25/h2,4,6-10,16,21H,3,5,12-15H2,1H3,(H,26,31)(H,27,28,29). The summed E-state index contributed by atoms with van der Waals surface area (Å²) in [4.78, 5) is 23.8. The summed E-state index contributed by atoms with van der Waals surface area (Å²) in [6.07, 6.45) is 2.06. The Labute approximate surface area is 197 Å². The number of hydrogen-bond donors (Lipinski definition) is 2. The van der Waals surface area contributed by atoms with E-state index >= 15 is 0 Å². The van der Waals surface area contributed by atoms with Crippen molar-refractivity contribution in [2.45, 2.75) is 32.0 Å². The summed E-state index contributed by atoms with van der Waals surface area (Å²) in [5, 5.41) is 17.5. The van der Waals surface area contributed by atoms with E-state index in [1.807, 2.05) is 42.5 Å². The van der Waals surface area contributed by atoms with E-state index in [1.54, 1.807) is 12.5 Å². The third-order valence-electron chi connectivity index (χ3n) is 5.51. The number of amides is 1. The second-order valence-corrected chi connectivity index (χ2v) is 8.69. The molecule has 2 aromatic heterocycles. The summed E-state index contributed by atoms with van der Waals surface area (Å²) in [6, 6.07) is 16.1. The molecular weight excluding hydrogens is 436 g/mol. The molecule has 0 radical (unpaired) electrons. The highest BCUT2D eigenvalue weighted by Gasteiger charge is 2.26. The van der Waals surface area contributed by atoms with E-state index in [0.717, 1.165) is 36.2 Å². The van der Waals surface area contributed by atoms with Gasteiger partial charge in [0.2, 0.25) is 0 Å². The number of nitrogens with one attached hydrogen (secondary N) is 2. The van der Waals surface area contributed by atoms with Crippen LogP contribution in [0.3, 0.4) is 0 Å². The number of likely N-dealkylation sites (tertiary alicyclic amines) is 1. The maximum Gasteiger partial charge on any atom is 0.271 e. The number of nitrogens with zero attached hydrogens (tertiary/aromatic N) is 4. The van der Waals surface area contributed by atoms with E-state index in [1.165, 1.54) is 11.3 Å². The number of anilines is 2. The van der Waals surface area contributed by atoms with Crippen molar-refractivity contribution in [3.63, 3.8) is 0 Å². The van der Waals surface area contributed by atoms with Gasteiger partial charge in [0.05, 0.1) is 31.0 Å². The number of aromatic nitrogens is 2. The summed E-state index contributed by atoms with van der Waals surface area (Å²) in [5.41, 5.74) is 3.41. The summed E-state index contributed by atoms with van der Waals surface area (Å²) in [7, 11) is 1.66. The highest BCUT2D eigenvalue weighted by Crippen LogP contribution is 2.31. The van der Waals surface area contributed by atoms with Gasteiger partial charge in [-0.3, -0.25) is 9.69 Å². The zero-order chi connectivity index (χ0) is 23.0. The van der Waals surface area contributed by atoms with Crippen molar-refractivity contribution in [3.05, 3.63) is 70.4 Å². The van der Waals surface area contributed by atoms with Gasteiger partial charge in [-0.2, -0.15) is 5.26 Å². The quantitative estimate of drug-likeness (QED) is 0.463. The molecule has 1 atom stereocenters. The SMILES string of the molecule is COCc1ccc(CNC(=O)c2csc(Nc3cccc(C4CCCN4CC#N)n3)n2)cc1. The number of carbonyl (C=O) groups excluding carboxylic acids is 1. The van der Waals surface area contributed by atoms with Crippen molar-refractivity contribution >= 4 is 28.2 Å². The van der Waals surface area contributed by atoms with Crippen LogP contribution >= 0.6 is 11.3 Å². The van der Waals surface area contributed by atoms with E-state index in [2.05, 4.69) is 26.6 Å². The Hall–Kier alpha value is -3.32. The van der Waals surface area contributed by atoms with Crippen LogP contribution in [0.2, 0.25) is 0 Å². The second-order valence-electron chi connectivity index (χ2n) is 7.83. The van der Waals surface area contributed by atoms with Crippen LogP contribution in [0, 0.1) is 11.3 Å². The summed E-state index contributed by atoms with van der Waals surface area (Å²) >= 11 is 1.36. The Kier molecular flexibility index (Phi) is 7.62. The molecule has 4 rings (SSSR count). The molecule has 1 fully saturated rings. The van der Waals surface area contributed by atoms with Crippen molar-refractivity contribution in [2.75, 3.05) is 25.5 Å². The summed E-state index contributed by atoms with van der Waals surface area (Å²) in [5.74, 6) is 0.453. The van der Waals surface area contributed by atoms with Gasteiger partial charge in [0, 0.05) is 19.0 Å². The molecule has 1 amide bonds. The summed E-state index contributed by atoms with van der Waals surface area (Å²) in [6.45, 7) is 2.32. The first kappa shape index (κ1) is 22.9. The van der Waals surface area contributed by atoms with Crippen LogP contribution in [-0.4, -0.2) is 41.0 Å². The fraction of sp³-hybridized carbons (Fsp3) is 0.333. The molecule has 33 heavy (non-hydrogen) atoms. The van der Waals surface area contributed by atoms with Gasteiger partial charge in [0.1, 0.15) is 11.5 Å². The molecule has 0 bridgehead atoms. The Balaban J connectivity index is 1.35. The fourth-order valence-corrected chi connectivity index (χ4v) is 4.58. The van der Waals surface area contributed by atoms with Gasteiger partial charge in [0.25, 0.3) is 5.91 Å². The molecule has 8 nitrogen and oxygen atoms in total. The van der Waals surface area contributed by atoms with Crippen LogP contribution < -0.4 is 10.6 Å². The van der Waals surface area contributed by atoms with Crippen molar-refractivity contribution in [3.8, 4) is 6.07 Å². The van der Waals surface area contributed by atoms with Crippen LogP contribution in [0.4, 0.5) is 10.9 Å². The number of thiazole rings is 1. The van der Waals surface area contributed by atoms with Crippen LogP contribution in [0.15, 0.2) is 47.8 Å². The minimum absolute atomic E-state index is 0.160. The Morgan fingerprint density at radius 1 is 1.24 bits per heavy atom. The number of nitriles is 1. The number of hydrogen-bond acceptors (Lipinski definition) is 8. The molecule has 0 saturated carbocycles. The molecule has 2 N–H and O–H groups in total. The minimum Gasteiger partial charge on any atom is -0.380 e. The normalized spacial score (nSPS) is 15.8. The first-order valence-electron chi connectivity index (χ1n) is 10.8. The van der Waals surface area contributed by atoms with E-state index in [4.69, 9.17) is 15.0 Å². The van der Waals surface area contributed by atoms with Crippen molar-refractivity contribution in [2.24, 2.45) is 0 Å². The van der Waals surface area contributed by atoms with Gasteiger partial charge in [-0.25, -0.2) is 9.97 Å². The fourth-order valence-electron chi connectivity index (χ4n) is 3.89. The molecule has 3 heterocycles. The van der Waals surface area contributed by atoms with Gasteiger partial charge in [0.15, 0.2) is 5.13 Å². The Bertz CT molecular complexity index is 1120. The molecule has 9 heteroatoms. The number of carbonyl (C=O) groups is 1. The topological polar surface area (TPSA) is 103 Å². The number of rotatable bonds is 9. The van der Waals surface area contributed by atoms with Crippen molar-refractivity contribution < 1.29 is 9.53 Å². The van der Waals surface area contributed by atoms with E-state index < -0.39 is 0 Å². The molecule has 3 aromatic rings. The lowest BCUT2D eigenvalue weighted by molar-refractivity contribution is 0.0946. The average molecular weight is 463 g/mol. The van der Waals surface area contributed by atoms with Crippen LogP contribution in [-0.2, 0) is 17.9 Å². The van der Waals surface area contributed by atoms with E-state index in [0.29, 0.717) is 36.3 Å². The molecule has 0 spiro atoms. The van der Waals surface area contributed by atoms with E-state index in [9.17, 15) is 4.79 Å². The maximum atomic E-state index is 12.5. The third-order valence-corrected chi connectivity index (χ3v) is 6.27. The molecule has 1 saturated heterocycles. The highest BCUT2D eigenvalue weighted by molar-refractivity contribution is 7.14. The number of pyridine rings is 1. The lowest BCUT2D eigenvalue weighted by Gasteiger charge is -2.21. The second kappa shape index (κ2) is 11.0. The maximum absolute atomic E-state index is 12.5. The van der Waals surface area contributed by atoms with Crippen LogP contribution in [0.25, 0.3) is 0 Å². The predicted molar refractivity (Wildman–Crippen MR) is 127 cm³/mol. The first-order valence-corrected chi connectivity index (χ1v) is 11.7. The lowest BCUT2D eigenvalue weighted by atomic mass is 10.1. The molecular formula is C24H26N6O2S. The molecule has 1 aromatic carbocycles. The molecule has 0 aliphatic carbocycles. The molecule has 1 aliphatic heterocycles. The number of methoxy groups -OCH3 is 1. The lowest BCUT2D eigenvalue weighted by Crippen LogP contribution is -2.24. The Morgan fingerprint density at radius 2 is 2.06 bits per heavy atom. The molecule has 1 unspecified atom stereocenters. The van der Waals surface area contributed by atoms with Gasteiger partial charge >= 0.3 is 0 Å². The third kappa shape index (κ3) is 5.93. The van der Waals surface area contributed by atoms with Crippen molar-refractivity contribution in [1.82, 2.24) is 20.2 Å². The van der Waals surface area contributed by atoms with Crippen molar-refractivity contribution in [1.29, 1.82) is 5.26 Å². The van der Waals surface area contributed by atoms with Gasteiger partial charge in [-0.05, 0) is 42.6 Å². The van der Waals surface area contributed by atoms with Gasteiger partial charge in [-0.15, -0.1) is 11.3 Å².